The second kappa shape index (κ2) is 7.74. The summed E-state index contributed by atoms with van der Waals surface area (Å²) in [5.74, 6) is 1.73. The van der Waals surface area contributed by atoms with Crippen LogP contribution in [-0.2, 0) is 0 Å². The van der Waals surface area contributed by atoms with E-state index in [1.165, 1.54) is 30.9 Å². The molecular formula is C17H30OSi. The normalized spacial score (nSPS) is 13.3. The van der Waals surface area contributed by atoms with Crippen molar-refractivity contribution in [2.75, 3.05) is 6.61 Å². The van der Waals surface area contributed by atoms with E-state index in [4.69, 9.17) is 4.74 Å². The molecule has 108 valence electrons. The first-order valence-electron chi connectivity index (χ1n) is 7.70. The number of benzene rings is 1. The molecule has 0 aliphatic carbocycles. The zero-order valence-corrected chi connectivity index (χ0v) is 14.3. The van der Waals surface area contributed by atoms with Crippen LogP contribution in [0.1, 0.15) is 39.5 Å². The van der Waals surface area contributed by atoms with Crippen LogP contribution in [0.15, 0.2) is 24.3 Å². The van der Waals surface area contributed by atoms with E-state index in [0.29, 0.717) is 5.92 Å². The van der Waals surface area contributed by atoms with E-state index in [1.807, 2.05) is 0 Å². The summed E-state index contributed by atoms with van der Waals surface area (Å²) in [6.07, 6.45) is 5.10. The van der Waals surface area contributed by atoms with E-state index >= 15 is 0 Å². The van der Waals surface area contributed by atoms with Gasteiger partial charge in [0.1, 0.15) is 5.75 Å². The van der Waals surface area contributed by atoms with Crippen molar-refractivity contribution in [2.24, 2.45) is 5.92 Å². The highest BCUT2D eigenvalue weighted by Gasteiger charge is 2.15. The molecule has 0 heterocycles. The van der Waals surface area contributed by atoms with E-state index in [-0.39, 0.29) is 0 Å². The van der Waals surface area contributed by atoms with Gasteiger partial charge in [-0.05, 0) is 24.5 Å². The van der Waals surface area contributed by atoms with Gasteiger partial charge in [0, 0.05) is 0 Å². The Kier molecular flexibility index (Phi) is 6.63. The third-order valence-electron chi connectivity index (χ3n) is 3.75. The van der Waals surface area contributed by atoms with Crippen molar-refractivity contribution >= 4 is 13.3 Å². The van der Waals surface area contributed by atoms with Crippen molar-refractivity contribution in [1.29, 1.82) is 0 Å². The standard InChI is InChI=1S/C17H30OSi/c1-6-8-9-15(7-2)14-18-16-10-12-17(13-11-16)19(3,4)5/h10-13,15H,6-9,14H2,1-5H3. The third kappa shape index (κ3) is 5.81. The highest BCUT2D eigenvalue weighted by Crippen LogP contribution is 2.16. The molecule has 0 aliphatic rings. The maximum atomic E-state index is 5.94. The van der Waals surface area contributed by atoms with Crippen LogP contribution in [-0.4, -0.2) is 14.7 Å². The Balaban J connectivity index is 2.49. The topological polar surface area (TPSA) is 9.23 Å². The zero-order chi connectivity index (χ0) is 14.3. The lowest BCUT2D eigenvalue weighted by Gasteiger charge is -2.18. The lowest BCUT2D eigenvalue weighted by molar-refractivity contribution is 0.233. The number of hydrogen-bond donors (Lipinski definition) is 0. The molecule has 0 aromatic heterocycles. The third-order valence-corrected chi connectivity index (χ3v) is 5.81. The summed E-state index contributed by atoms with van der Waals surface area (Å²) >= 11 is 0. The molecule has 0 aliphatic heterocycles. The SMILES string of the molecule is CCCCC(CC)COc1ccc([Si](C)(C)C)cc1. The highest BCUT2D eigenvalue weighted by molar-refractivity contribution is 6.88. The Morgan fingerprint density at radius 1 is 1.05 bits per heavy atom. The Labute approximate surface area is 120 Å². The van der Waals surface area contributed by atoms with Crippen molar-refractivity contribution in [2.45, 2.75) is 59.2 Å². The molecule has 0 N–H and O–H groups in total. The van der Waals surface area contributed by atoms with Gasteiger partial charge < -0.3 is 4.74 Å². The predicted molar refractivity (Wildman–Crippen MR) is 88.2 cm³/mol. The second-order valence-corrected chi connectivity index (χ2v) is 11.6. The minimum atomic E-state index is -1.18. The van der Waals surface area contributed by atoms with Gasteiger partial charge in [-0.1, -0.05) is 70.1 Å². The summed E-state index contributed by atoms with van der Waals surface area (Å²) in [6, 6.07) is 8.77. The van der Waals surface area contributed by atoms with Crippen LogP contribution in [0.25, 0.3) is 0 Å². The maximum Gasteiger partial charge on any atom is 0.119 e. The fourth-order valence-corrected chi connectivity index (χ4v) is 3.33. The summed E-state index contributed by atoms with van der Waals surface area (Å²) in [4.78, 5) is 0. The summed E-state index contributed by atoms with van der Waals surface area (Å²) in [7, 11) is -1.18. The summed E-state index contributed by atoms with van der Waals surface area (Å²) in [5, 5.41) is 1.50. The van der Waals surface area contributed by atoms with E-state index in [0.717, 1.165) is 12.4 Å². The molecule has 19 heavy (non-hydrogen) atoms. The molecule has 0 spiro atoms. The van der Waals surface area contributed by atoms with Gasteiger partial charge >= 0.3 is 0 Å². The van der Waals surface area contributed by atoms with Crippen LogP contribution in [0, 0.1) is 5.92 Å². The average Bonchev–Trinajstić information content (AvgIpc) is 2.38. The van der Waals surface area contributed by atoms with Crippen molar-refractivity contribution < 1.29 is 4.74 Å². The Hall–Kier alpha value is -0.763. The number of hydrogen-bond acceptors (Lipinski definition) is 1. The van der Waals surface area contributed by atoms with E-state index in [1.54, 1.807) is 0 Å². The van der Waals surface area contributed by atoms with Gasteiger partial charge in [-0.3, -0.25) is 0 Å². The molecule has 0 amide bonds. The molecule has 0 saturated heterocycles. The second-order valence-electron chi connectivity index (χ2n) is 6.50. The van der Waals surface area contributed by atoms with Crippen molar-refractivity contribution in [3.8, 4) is 5.75 Å². The molecule has 0 bridgehead atoms. The Morgan fingerprint density at radius 2 is 1.68 bits per heavy atom. The summed E-state index contributed by atoms with van der Waals surface area (Å²) in [6.45, 7) is 12.5. The smallest absolute Gasteiger partial charge is 0.119 e. The molecule has 0 saturated carbocycles. The molecule has 1 rings (SSSR count). The summed E-state index contributed by atoms with van der Waals surface area (Å²) < 4.78 is 5.94. The molecule has 1 aromatic rings. The maximum absolute atomic E-state index is 5.94. The minimum absolute atomic E-state index is 0.705. The van der Waals surface area contributed by atoms with Crippen LogP contribution in [0.3, 0.4) is 0 Å². The van der Waals surface area contributed by atoms with Crippen LogP contribution >= 0.6 is 0 Å². The van der Waals surface area contributed by atoms with E-state index in [9.17, 15) is 0 Å². The predicted octanol–water partition coefficient (Wildman–Crippen LogP) is 4.83. The van der Waals surface area contributed by atoms with Gasteiger partial charge in [-0.25, -0.2) is 0 Å². The zero-order valence-electron chi connectivity index (χ0n) is 13.3. The first-order valence-corrected chi connectivity index (χ1v) is 11.2. The fourth-order valence-electron chi connectivity index (χ4n) is 2.16. The number of ether oxygens (including phenoxy) is 1. The molecule has 1 unspecified atom stereocenters. The molecule has 1 aromatic carbocycles. The Bertz CT molecular complexity index is 351. The van der Waals surface area contributed by atoms with Crippen LogP contribution < -0.4 is 9.92 Å². The monoisotopic (exact) mass is 278 g/mol. The lowest BCUT2D eigenvalue weighted by Crippen LogP contribution is -2.37. The van der Waals surface area contributed by atoms with Crippen molar-refractivity contribution in [3.63, 3.8) is 0 Å². The van der Waals surface area contributed by atoms with E-state index < -0.39 is 8.07 Å². The van der Waals surface area contributed by atoms with Gasteiger partial charge in [0.05, 0.1) is 14.7 Å². The Morgan fingerprint density at radius 3 is 2.16 bits per heavy atom. The number of rotatable bonds is 8. The minimum Gasteiger partial charge on any atom is -0.493 e. The molecular weight excluding hydrogens is 248 g/mol. The molecule has 0 fully saturated rings. The van der Waals surface area contributed by atoms with Crippen LogP contribution in [0.4, 0.5) is 0 Å². The van der Waals surface area contributed by atoms with E-state index in [2.05, 4.69) is 57.8 Å². The fraction of sp³-hybridized carbons (Fsp3) is 0.647. The van der Waals surface area contributed by atoms with Gasteiger partial charge in [-0.2, -0.15) is 0 Å². The summed E-state index contributed by atoms with van der Waals surface area (Å²) in [5.41, 5.74) is 0. The number of unbranched alkanes of at least 4 members (excludes halogenated alkanes) is 1. The quantitative estimate of drug-likeness (QED) is 0.619. The molecule has 2 heteroatoms. The van der Waals surface area contributed by atoms with Crippen LogP contribution in [0.5, 0.6) is 5.75 Å². The average molecular weight is 279 g/mol. The van der Waals surface area contributed by atoms with Crippen molar-refractivity contribution in [1.82, 2.24) is 0 Å². The molecule has 1 nitrogen and oxygen atoms in total. The molecule has 0 radical (unpaired) electrons. The largest absolute Gasteiger partial charge is 0.493 e. The molecule has 1 atom stereocenters. The highest BCUT2D eigenvalue weighted by atomic mass is 28.3. The lowest BCUT2D eigenvalue weighted by atomic mass is 10.0. The van der Waals surface area contributed by atoms with Crippen LogP contribution in [0.2, 0.25) is 19.6 Å². The van der Waals surface area contributed by atoms with Gasteiger partial charge in [0.25, 0.3) is 0 Å². The van der Waals surface area contributed by atoms with Gasteiger partial charge in [-0.15, -0.1) is 0 Å². The van der Waals surface area contributed by atoms with Gasteiger partial charge in [0.2, 0.25) is 0 Å². The van der Waals surface area contributed by atoms with Crippen molar-refractivity contribution in [3.05, 3.63) is 24.3 Å². The first kappa shape index (κ1) is 16.3. The van der Waals surface area contributed by atoms with Gasteiger partial charge in [0.15, 0.2) is 0 Å². The first-order chi connectivity index (χ1) is 8.97.